The van der Waals surface area contributed by atoms with Crippen LogP contribution in [-0.4, -0.2) is 28.9 Å². The van der Waals surface area contributed by atoms with Crippen LogP contribution >= 0.6 is 0 Å². The average Bonchev–Trinajstić information content (AvgIpc) is 3.22. The fourth-order valence-corrected chi connectivity index (χ4v) is 5.60. The summed E-state index contributed by atoms with van der Waals surface area (Å²) >= 11 is 0. The van der Waals surface area contributed by atoms with E-state index in [4.69, 9.17) is 4.98 Å². The third-order valence-electron chi connectivity index (χ3n) is 8.57. The predicted molar refractivity (Wildman–Crippen MR) is 224 cm³/mol. The molecule has 5 aromatic carbocycles. The van der Waals surface area contributed by atoms with Crippen molar-refractivity contribution in [3.8, 4) is 0 Å². The van der Waals surface area contributed by atoms with Gasteiger partial charge < -0.3 is 24.8 Å². The van der Waals surface area contributed by atoms with Crippen LogP contribution in [0.1, 0.15) is 104 Å². The second-order valence-electron chi connectivity index (χ2n) is 13.8. The van der Waals surface area contributed by atoms with Gasteiger partial charge in [0.25, 0.3) is 0 Å². The first-order chi connectivity index (χ1) is 26.5. The number of rotatable bonds is 11. The van der Waals surface area contributed by atoms with Gasteiger partial charge in [-0.15, -0.1) is 36.4 Å². The third kappa shape index (κ3) is 15.9. The fourth-order valence-electron chi connectivity index (χ4n) is 5.60. The van der Waals surface area contributed by atoms with Gasteiger partial charge in [0.05, 0.1) is 36.3 Å². The maximum atomic E-state index is 11.2. The fraction of sp³-hybridized carbons (Fsp3) is 0.224. The summed E-state index contributed by atoms with van der Waals surface area (Å²) in [6, 6.07) is 49.3. The van der Waals surface area contributed by atoms with E-state index in [0.717, 1.165) is 11.3 Å². The zero-order chi connectivity index (χ0) is 40.1. The van der Waals surface area contributed by atoms with Crippen LogP contribution in [0.25, 0.3) is 0 Å². The molecule has 56 heavy (non-hydrogen) atoms. The van der Waals surface area contributed by atoms with Crippen molar-refractivity contribution in [1.82, 2.24) is 4.98 Å². The van der Waals surface area contributed by atoms with Crippen LogP contribution in [0.5, 0.6) is 0 Å². The topological polar surface area (TPSA) is 96.4 Å². The van der Waals surface area contributed by atoms with Gasteiger partial charge in [-0.1, -0.05) is 100 Å². The molecule has 0 amide bonds. The molecule has 0 bridgehead atoms. The number of para-hydroxylation sites is 1. The Kier molecular flexibility index (Phi) is 21.1. The summed E-state index contributed by atoms with van der Waals surface area (Å²) in [4.78, 5) is 34.5. The second kappa shape index (κ2) is 25.1. The molecule has 6 rings (SSSR count). The molecule has 2 unspecified atom stereocenters. The molecule has 1 aromatic heterocycles. The van der Waals surface area contributed by atoms with E-state index in [0.29, 0.717) is 40.6 Å². The van der Waals surface area contributed by atoms with Crippen molar-refractivity contribution in [2.75, 3.05) is 5.32 Å². The number of pyridine rings is 1. The van der Waals surface area contributed by atoms with E-state index < -0.39 is 5.60 Å². The first kappa shape index (κ1) is 47.1. The second-order valence-corrected chi connectivity index (χ2v) is 13.8. The summed E-state index contributed by atoms with van der Waals surface area (Å²) in [7, 11) is 0. The van der Waals surface area contributed by atoms with E-state index in [1.54, 1.807) is 91.7 Å². The van der Waals surface area contributed by atoms with Crippen molar-refractivity contribution in [3.05, 3.63) is 202 Å². The molecule has 2 N–H and O–H groups in total. The molecular weight excluding hydrogens is 772 g/mol. The molecule has 6 aromatic rings. The molecule has 0 aliphatic rings. The number of aliphatic hydroxyl groups is 1. The van der Waals surface area contributed by atoms with Crippen molar-refractivity contribution >= 4 is 24.5 Å². The normalized spacial score (nSPS) is 11.7. The number of benzene rings is 5. The zero-order valence-corrected chi connectivity index (χ0v) is 35.5. The smallest absolute Gasteiger partial charge is 0.383 e. The van der Waals surface area contributed by atoms with E-state index >= 15 is 0 Å². The van der Waals surface area contributed by atoms with Gasteiger partial charge in [0.1, 0.15) is 5.60 Å². The van der Waals surface area contributed by atoms with Gasteiger partial charge in [0.15, 0.2) is 0 Å². The summed E-state index contributed by atoms with van der Waals surface area (Å²) in [6.07, 6.45) is 5.86. The van der Waals surface area contributed by atoms with Gasteiger partial charge in [-0.2, -0.15) is 53.1 Å². The monoisotopic (exact) mass is 821 g/mol. The van der Waals surface area contributed by atoms with Crippen molar-refractivity contribution in [1.29, 1.82) is 0 Å². The summed E-state index contributed by atoms with van der Waals surface area (Å²) in [6.45, 7) is 12.9. The number of aromatic nitrogens is 1. The molecule has 2 atom stereocenters. The van der Waals surface area contributed by atoms with Gasteiger partial charge in [-0.3, -0.25) is 4.98 Å². The van der Waals surface area contributed by atoms with Gasteiger partial charge in [-0.25, -0.2) is 0 Å². The Balaban J connectivity index is 0.000000346. The van der Waals surface area contributed by atoms with Crippen LogP contribution in [0.3, 0.4) is 0 Å². The molecule has 0 spiro atoms. The maximum absolute atomic E-state index is 11.2. The molecule has 1 heterocycles. The molecule has 0 aliphatic carbocycles. The first-order valence-electron chi connectivity index (χ1n) is 18.4. The Morgan fingerprint density at radius 2 is 0.929 bits per heavy atom. The largest absolute Gasteiger partial charge is 2.00 e. The van der Waals surface area contributed by atoms with Crippen LogP contribution in [0.4, 0.5) is 5.69 Å². The minimum absolute atomic E-state index is 0. The quantitative estimate of drug-likeness (QED) is 0.126. The molecule has 0 fully saturated rings. The Morgan fingerprint density at radius 3 is 1.29 bits per heavy atom. The van der Waals surface area contributed by atoms with Gasteiger partial charge in [-0.05, 0) is 54.5 Å². The van der Waals surface area contributed by atoms with E-state index in [9.17, 15) is 19.5 Å². The van der Waals surface area contributed by atoms with Crippen LogP contribution in [0.15, 0.2) is 158 Å². The number of hydrogen-bond acceptors (Lipinski definition) is 6. The Morgan fingerprint density at radius 1 is 0.554 bits per heavy atom. The molecule has 7 heteroatoms. The van der Waals surface area contributed by atoms with Crippen LogP contribution in [-0.2, 0) is 52.6 Å². The summed E-state index contributed by atoms with van der Waals surface area (Å²) in [5, 5.41) is 14.9. The van der Waals surface area contributed by atoms with Crippen LogP contribution in [0.2, 0.25) is 0 Å². The number of anilines is 1. The minimum Gasteiger partial charge on any atom is -0.383 e. The Hall–Kier alpha value is -5.10. The van der Waals surface area contributed by atoms with Crippen molar-refractivity contribution in [3.63, 3.8) is 0 Å². The molecule has 0 saturated carbocycles. The standard InChI is InChI=1S/C28H36N2O.3C7H5O.Zr/c1-19(2)23-14-10-15-24(20(3)4)27(23)29-21(5)25-16-11-17-26(30-25)28(6,31)18-22-12-8-7-9-13-22;3*8-6-7-4-2-1-3-5-7;/h7-17,19-21,29,31H,18H2,1-6H3;3*1-5H;/q;3*-1;+2. The molecule has 286 valence electrons. The molecule has 0 saturated heterocycles. The van der Waals surface area contributed by atoms with Crippen LogP contribution < -0.4 is 5.32 Å². The SMILES string of the molecule is CC(C)c1cccc(C(C)C)c1NC(C)c1cccc(C(C)(O)Cc2ccccc2)n1.O=[C-]c1ccccc1.O=[C-]c1ccccc1.O=[C-]c1ccccc1.[Zr+2]. The molecular formula is C49H51N2O4Zr-. The van der Waals surface area contributed by atoms with E-state index in [-0.39, 0.29) is 32.2 Å². The first-order valence-corrected chi connectivity index (χ1v) is 18.4. The zero-order valence-electron chi connectivity index (χ0n) is 33.1. The third-order valence-corrected chi connectivity index (χ3v) is 8.57. The van der Waals surface area contributed by atoms with Gasteiger partial charge in [0.2, 0.25) is 0 Å². The van der Waals surface area contributed by atoms with Crippen molar-refractivity contribution in [2.24, 2.45) is 0 Å². The van der Waals surface area contributed by atoms with Crippen LogP contribution in [0, 0.1) is 0 Å². The van der Waals surface area contributed by atoms with E-state index in [1.165, 1.54) is 16.8 Å². The molecule has 6 nitrogen and oxygen atoms in total. The number of carbonyl (C=O) groups excluding carboxylic acids is 3. The van der Waals surface area contributed by atoms with E-state index in [1.807, 2.05) is 73.7 Å². The Bertz CT molecular complexity index is 1870. The maximum Gasteiger partial charge on any atom is 2.00 e. The molecule has 0 aliphatic heterocycles. The van der Waals surface area contributed by atoms with Crippen molar-refractivity contribution in [2.45, 2.75) is 71.4 Å². The minimum atomic E-state index is -1.03. The number of nitrogens with one attached hydrogen (secondary N) is 1. The summed E-state index contributed by atoms with van der Waals surface area (Å²) in [5.74, 6) is 0.860. The van der Waals surface area contributed by atoms with E-state index in [2.05, 4.69) is 58.1 Å². The summed E-state index contributed by atoms with van der Waals surface area (Å²) < 4.78 is 0. The Labute approximate surface area is 352 Å². The van der Waals surface area contributed by atoms with Crippen molar-refractivity contribution < 1.29 is 45.7 Å². The number of hydrogen-bond donors (Lipinski definition) is 2. The van der Waals surface area contributed by atoms with Gasteiger partial charge >= 0.3 is 26.2 Å². The molecule has 0 radical (unpaired) electrons. The van der Waals surface area contributed by atoms with Gasteiger partial charge in [0, 0.05) is 12.1 Å². The predicted octanol–water partition coefficient (Wildman–Crippen LogP) is 10.4. The average molecular weight is 823 g/mol. The summed E-state index contributed by atoms with van der Waals surface area (Å²) in [5.41, 5.74) is 7.36. The number of nitrogens with zero attached hydrogens (tertiary/aromatic N) is 1.